The highest BCUT2D eigenvalue weighted by atomic mass is 15.3. The van der Waals surface area contributed by atoms with Crippen molar-refractivity contribution in [3.63, 3.8) is 0 Å². The van der Waals surface area contributed by atoms with E-state index in [0.29, 0.717) is 18.1 Å². The van der Waals surface area contributed by atoms with Crippen molar-refractivity contribution in [2.75, 3.05) is 18.0 Å². The number of hydrogen-bond acceptors (Lipinski definition) is 3. The van der Waals surface area contributed by atoms with Crippen LogP contribution in [0.1, 0.15) is 26.7 Å². The second kappa shape index (κ2) is 4.30. The van der Waals surface area contributed by atoms with Crippen molar-refractivity contribution >= 4 is 5.69 Å². The van der Waals surface area contributed by atoms with E-state index in [-0.39, 0.29) is 0 Å². The fraction of sp³-hybridized carbons (Fsp3) is 0.643. The number of piperazine rings is 1. The molecule has 0 N–H and O–H groups in total. The Balaban J connectivity index is 1.82. The molecule has 0 spiro atoms. The summed E-state index contributed by atoms with van der Waals surface area (Å²) in [5.74, 6) is 0. The Labute approximate surface area is 103 Å². The number of aromatic nitrogens is 1. The van der Waals surface area contributed by atoms with Crippen molar-refractivity contribution in [2.24, 2.45) is 0 Å². The number of pyridine rings is 1. The lowest BCUT2D eigenvalue weighted by Gasteiger charge is -2.44. The molecule has 0 aliphatic carbocycles. The van der Waals surface area contributed by atoms with Crippen molar-refractivity contribution in [1.82, 2.24) is 9.88 Å². The molecule has 2 fully saturated rings. The molecule has 1 aromatic rings. The van der Waals surface area contributed by atoms with E-state index in [4.69, 9.17) is 0 Å². The lowest BCUT2D eigenvalue weighted by molar-refractivity contribution is 0.177. The highest BCUT2D eigenvalue weighted by Gasteiger charge is 2.40. The molecule has 0 radical (unpaired) electrons. The fourth-order valence-corrected chi connectivity index (χ4v) is 3.29. The van der Waals surface area contributed by atoms with Crippen molar-refractivity contribution in [1.29, 1.82) is 0 Å². The molecule has 3 nitrogen and oxygen atoms in total. The van der Waals surface area contributed by atoms with Crippen LogP contribution in [0.4, 0.5) is 5.69 Å². The summed E-state index contributed by atoms with van der Waals surface area (Å²) in [7, 11) is 0. The highest BCUT2D eigenvalue weighted by Crippen LogP contribution is 2.34. The molecule has 2 bridgehead atoms. The molecule has 2 aliphatic heterocycles. The van der Waals surface area contributed by atoms with Crippen LogP contribution in [0.2, 0.25) is 0 Å². The van der Waals surface area contributed by atoms with Crippen LogP contribution in [0.15, 0.2) is 24.5 Å². The smallest absolute Gasteiger partial charge is 0.0558 e. The van der Waals surface area contributed by atoms with Gasteiger partial charge in [-0.3, -0.25) is 9.88 Å². The number of hydrogen-bond donors (Lipinski definition) is 0. The Hall–Kier alpha value is -1.09. The molecule has 3 heteroatoms. The maximum atomic E-state index is 4.26. The first-order chi connectivity index (χ1) is 8.25. The Morgan fingerprint density at radius 3 is 2.47 bits per heavy atom. The van der Waals surface area contributed by atoms with E-state index >= 15 is 0 Å². The molecule has 3 rings (SSSR count). The summed E-state index contributed by atoms with van der Waals surface area (Å²) >= 11 is 0. The predicted molar refractivity (Wildman–Crippen MR) is 70.2 cm³/mol. The topological polar surface area (TPSA) is 19.4 Å². The summed E-state index contributed by atoms with van der Waals surface area (Å²) in [6.07, 6.45) is 6.54. The fourth-order valence-electron chi connectivity index (χ4n) is 3.29. The van der Waals surface area contributed by atoms with Crippen LogP contribution in [-0.4, -0.2) is 41.1 Å². The SMILES string of the molecule is CC(C)N1CC2CCC(C1)N2c1cccnc1. The summed E-state index contributed by atoms with van der Waals surface area (Å²) in [6.45, 7) is 7.03. The molecule has 92 valence electrons. The van der Waals surface area contributed by atoms with Gasteiger partial charge in [0.05, 0.1) is 11.9 Å². The number of fused-ring (bicyclic) bond motifs is 2. The first kappa shape index (κ1) is 11.0. The van der Waals surface area contributed by atoms with Crippen LogP contribution in [0.25, 0.3) is 0 Å². The summed E-state index contributed by atoms with van der Waals surface area (Å²) in [4.78, 5) is 9.48. The molecule has 17 heavy (non-hydrogen) atoms. The largest absolute Gasteiger partial charge is 0.362 e. The summed E-state index contributed by atoms with van der Waals surface area (Å²) in [5.41, 5.74) is 1.31. The van der Waals surface area contributed by atoms with Gasteiger partial charge in [0.15, 0.2) is 0 Å². The molecule has 3 heterocycles. The van der Waals surface area contributed by atoms with Gasteiger partial charge in [-0.1, -0.05) is 0 Å². The third-order valence-electron chi connectivity index (χ3n) is 4.18. The minimum absolute atomic E-state index is 0.675. The van der Waals surface area contributed by atoms with Gasteiger partial charge in [-0.2, -0.15) is 0 Å². The Morgan fingerprint density at radius 2 is 1.94 bits per heavy atom. The van der Waals surface area contributed by atoms with Gasteiger partial charge in [-0.15, -0.1) is 0 Å². The molecule has 0 saturated carbocycles. The maximum absolute atomic E-state index is 4.26. The van der Waals surface area contributed by atoms with Crippen LogP contribution in [0.5, 0.6) is 0 Å². The van der Waals surface area contributed by atoms with E-state index in [0.717, 1.165) is 0 Å². The van der Waals surface area contributed by atoms with Crippen molar-refractivity contribution in [2.45, 2.75) is 44.8 Å². The van der Waals surface area contributed by atoms with Gasteiger partial charge in [0.1, 0.15) is 0 Å². The molecular weight excluding hydrogens is 210 g/mol. The second-order valence-corrected chi connectivity index (χ2v) is 5.55. The predicted octanol–water partition coefficient (Wildman–Crippen LogP) is 2.14. The second-order valence-electron chi connectivity index (χ2n) is 5.55. The summed E-state index contributed by atoms with van der Waals surface area (Å²) < 4.78 is 0. The highest BCUT2D eigenvalue weighted by molar-refractivity contribution is 5.48. The van der Waals surface area contributed by atoms with E-state index in [1.165, 1.54) is 31.6 Å². The molecular formula is C14H21N3. The summed E-state index contributed by atoms with van der Waals surface area (Å²) in [5, 5.41) is 0. The zero-order valence-electron chi connectivity index (χ0n) is 10.7. The minimum atomic E-state index is 0.675. The van der Waals surface area contributed by atoms with Gasteiger partial charge < -0.3 is 4.90 Å². The van der Waals surface area contributed by atoms with Crippen LogP contribution < -0.4 is 4.90 Å². The monoisotopic (exact) mass is 231 g/mol. The number of anilines is 1. The van der Waals surface area contributed by atoms with Crippen LogP contribution in [-0.2, 0) is 0 Å². The number of nitrogens with zero attached hydrogens (tertiary/aromatic N) is 3. The first-order valence-corrected chi connectivity index (χ1v) is 6.68. The Morgan fingerprint density at radius 1 is 1.24 bits per heavy atom. The van der Waals surface area contributed by atoms with E-state index in [1.54, 1.807) is 0 Å². The average molecular weight is 231 g/mol. The normalized spacial score (nSPS) is 29.0. The van der Waals surface area contributed by atoms with Gasteiger partial charge in [0, 0.05) is 37.4 Å². The molecule has 1 aromatic heterocycles. The van der Waals surface area contributed by atoms with E-state index in [2.05, 4.69) is 34.7 Å². The molecule has 2 unspecified atom stereocenters. The van der Waals surface area contributed by atoms with Gasteiger partial charge in [0.2, 0.25) is 0 Å². The molecule has 2 saturated heterocycles. The third kappa shape index (κ3) is 1.93. The minimum Gasteiger partial charge on any atom is -0.362 e. The first-order valence-electron chi connectivity index (χ1n) is 6.68. The number of likely N-dealkylation sites (tertiary alicyclic amines) is 1. The van der Waals surface area contributed by atoms with Gasteiger partial charge in [-0.25, -0.2) is 0 Å². The van der Waals surface area contributed by atoms with E-state index in [1.807, 2.05) is 18.5 Å². The van der Waals surface area contributed by atoms with Crippen molar-refractivity contribution in [3.8, 4) is 0 Å². The zero-order valence-corrected chi connectivity index (χ0v) is 10.7. The van der Waals surface area contributed by atoms with E-state index in [9.17, 15) is 0 Å². The quantitative estimate of drug-likeness (QED) is 0.777. The Bertz CT molecular complexity index is 362. The van der Waals surface area contributed by atoms with Crippen LogP contribution in [0.3, 0.4) is 0 Å². The third-order valence-corrected chi connectivity index (χ3v) is 4.18. The van der Waals surface area contributed by atoms with Gasteiger partial charge in [-0.05, 0) is 38.8 Å². The van der Waals surface area contributed by atoms with Crippen LogP contribution in [0, 0.1) is 0 Å². The van der Waals surface area contributed by atoms with Gasteiger partial charge in [0.25, 0.3) is 0 Å². The molecule has 0 aromatic carbocycles. The van der Waals surface area contributed by atoms with Crippen molar-refractivity contribution < 1.29 is 0 Å². The Kier molecular flexibility index (Phi) is 2.79. The molecule has 2 atom stereocenters. The van der Waals surface area contributed by atoms with E-state index < -0.39 is 0 Å². The zero-order chi connectivity index (χ0) is 11.8. The summed E-state index contributed by atoms with van der Waals surface area (Å²) in [6, 6.07) is 6.31. The molecule has 0 amide bonds. The average Bonchev–Trinajstić information content (AvgIpc) is 2.60. The van der Waals surface area contributed by atoms with Crippen molar-refractivity contribution in [3.05, 3.63) is 24.5 Å². The van der Waals surface area contributed by atoms with Gasteiger partial charge >= 0.3 is 0 Å². The molecule has 2 aliphatic rings. The standard InChI is InChI=1S/C14H21N3/c1-11(2)16-9-13-5-6-14(10-16)17(13)12-4-3-7-15-8-12/h3-4,7-8,11,13-14H,5-6,9-10H2,1-2H3. The lowest BCUT2D eigenvalue weighted by atomic mass is 10.1. The number of rotatable bonds is 2. The van der Waals surface area contributed by atoms with Crippen LogP contribution >= 0.6 is 0 Å². The lowest BCUT2D eigenvalue weighted by Crippen LogP contribution is -2.55. The maximum Gasteiger partial charge on any atom is 0.0558 e.